The van der Waals surface area contributed by atoms with E-state index in [1.807, 2.05) is 0 Å². The Hall–Kier alpha value is -3.42. The fourth-order valence-electron chi connectivity index (χ4n) is 2.95. The van der Waals surface area contributed by atoms with Gasteiger partial charge in [-0.15, -0.1) is 0 Å². The van der Waals surface area contributed by atoms with E-state index in [0.717, 1.165) is 0 Å². The van der Waals surface area contributed by atoms with Gasteiger partial charge in [-0.25, -0.2) is 15.0 Å². The largest absolute Gasteiger partial charge is 0.497 e. The number of amides is 2. The average molecular weight is 385 g/mol. The molecule has 0 aliphatic carbocycles. The summed E-state index contributed by atoms with van der Waals surface area (Å²) in [6.07, 6.45) is 4.82. The molecule has 0 saturated carbocycles. The maximum Gasteiger partial charge on any atom is 0.277 e. The first-order valence-electron chi connectivity index (χ1n) is 8.69. The van der Waals surface area contributed by atoms with E-state index >= 15 is 0 Å². The monoisotopic (exact) mass is 385 g/mol. The van der Waals surface area contributed by atoms with E-state index in [2.05, 4.69) is 4.98 Å². The van der Waals surface area contributed by atoms with Crippen LogP contribution >= 0.6 is 0 Å². The van der Waals surface area contributed by atoms with Gasteiger partial charge in [-0.1, -0.05) is 0 Å². The summed E-state index contributed by atoms with van der Waals surface area (Å²) in [7, 11) is 3.08. The Balaban J connectivity index is 1.79. The van der Waals surface area contributed by atoms with E-state index in [4.69, 9.17) is 9.47 Å². The molecule has 2 aromatic rings. The molecule has 1 fully saturated rings. The highest BCUT2D eigenvalue weighted by molar-refractivity contribution is 5.98. The third-order valence-electron chi connectivity index (χ3n) is 4.35. The Morgan fingerprint density at radius 2 is 1.93 bits per heavy atom. The molecule has 1 aliphatic heterocycles. The van der Waals surface area contributed by atoms with Gasteiger partial charge in [0.2, 0.25) is 5.95 Å². The van der Waals surface area contributed by atoms with Crippen LogP contribution in [0.15, 0.2) is 42.6 Å². The zero-order valence-electron chi connectivity index (χ0n) is 15.6. The van der Waals surface area contributed by atoms with Crippen LogP contribution in [0.3, 0.4) is 0 Å². The van der Waals surface area contributed by atoms with Gasteiger partial charge in [0, 0.05) is 30.9 Å². The van der Waals surface area contributed by atoms with Crippen LogP contribution in [-0.4, -0.2) is 54.1 Å². The van der Waals surface area contributed by atoms with Gasteiger partial charge < -0.3 is 9.47 Å². The van der Waals surface area contributed by atoms with Gasteiger partial charge in [-0.05, 0) is 42.8 Å². The third kappa shape index (κ3) is 3.95. The van der Waals surface area contributed by atoms with Crippen LogP contribution < -0.4 is 9.47 Å². The number of methoxy groups -OCH3 is 2. The Labute approximate surface area is 162 Å². The fourth-order valence-corrected chi connectivity index (χ4v) is 2.95. The van der Waals surface area contributed by atoms with Crippen molar-refractivity contribution in [2.75, 3.05) is 27.3 Å². The first-order valence-corrected chi connectivity index (χ1v) is 8.69. The lowest BCUT2D eigenvalue weighted by Gasteiger charge is -2.26. The summed E-state index contributed by atoms with van der Waals surface area (Å²) in [5.41, 5.74) is 0.492. The molecule has 1 aromatic heterocycles. The first-order chi connectivity index (χ1) is 13.5. The van der Waals surface area contributed by atoms with Crippen molar-refractivity contribution in [3.63, 3.8) is 0 Å². The van der Waals surface area contributed by atoms with Gasteiger partial charge >= 0.3 is 0 Å². The van der Waals surface area contributed by atoms with Crippen molar-refractivity contribution >= 4 is 17.9 Å². The van der Waals surface area contributed by atoms with Gasteiger partial charge in [-0.2, -0.15) is 4.39 Å². The molecular formula is C20H20FN3O4. The highest BCUT2D eigenvalue weighted by Crippen LogP contribution is 2.25. The number of hydrazine groups is 1. The van der Waals surface area contributed by atoms with Crippen molar-refractivity contribution in [1.29, 1.82) is 0 Å². The number of nitrogens with zero attached hydrogens (tertiary/aromatic N) is 3. The molecule has 146 valence electrons. The lowest BCUT2D eigenvalue weighted by molar-refractivity contribution is -0.134. The molecule has 1 aliphatic rings. The maximum absolute atomic E-state index is 13.8. The third-order valence-corrected chi connectivity index (χ3v) is 4.35. The summed E-state index contributed by atoms with van der Waals surface area (Å²) in [5, 5.41) is 2.55. The quantitative estimate of drug-likeness (QED) is 0.584. The minimum Gasteiger partial charge on any atom is -0.497 e. The van der Waals surface area contributed by atoms with Crippen molar-refractivity contribution in [2.24, 2.45) is 0 Å². The predicted octanol–water partition coefficient (Wildman–Crippen LogP) is 2.54. The van der Waals surface area contributed by atoms with E-state index in [0.29, 0.717) is 36.6 Å². The summed E-state index contributed by atoms with van der Waals surface area (Å²) < 4.78 is 24.3. The minimum absolute atomic E-state index is 0.166. The van der Waals surface area contributed by atoms with E-state index in [-0.39, 0.29) is 11.5 Å². The number of halogens is 1. The molecule has 0 bridgehead atoms. The first kappa shape index (κ1) is 19.3. The van der Waals surface area contributed by atoms with Gasteiger partial charge in [0.15, 0.2) is 0 Å². The Bertz CT molecular complexity index is 916. The Morgan fingerprint density at radius 1 is 1.14 bits per heavy atom. The number of rotatable bonds is 5. The number of pyridine rings is 1. The van der Waals surface area contributed by atoms with Gasteiger partial charge in [0.25, 0.3) is 11.8 Å². The number of hydrogen-bond acceptors (Lipinski definition) is 5. The summed E-state index contributed by atoms with van der Waals surface area (Å²) in [6.45, 7) is 0.696. The SMILES string of the molecule is COc1ccc(OC)c(/C=C/C(=O)N2CCCN2C(=O)c2cccnc2F)c1. The normalized spacial score (nSPS) is 13.8. The van der Waals surface area contributed by atoms with Crippen molar-refractivity contribution < 1.29 is 23.5 Å². The number of hydrogen-bond donors (Lipinski definition) is 0. The van der Waals surface area contributed by atoms with Gasteiger partial charge in [0.05, 0.1) is 19.8 Å². The van der Waals surface area contributed by atoms with E-state index in [1.54, 1.807) is 31.4 Å². The zero-order chi connectivity index (χ0) is 20.1. The Morgan fingerprint density at radius 3 is 2.64 bits per heavy atom. The summed E-state index contributed by atoms with van der Waals surface area (Å²) in [4.78, 5) is 28.8. The van der Waals surface area contributed by atoms with Gasteiger partial charge in [0.1, 0.15) is 11.5 Å². The highest BCUT2D eigenvalue weighted by atomic mass is 19.1. The van der Waals surface area contributed by atoms with E-state index in [9.17, 15) is 14.0 Å². The molecule has 3 rings (SSSR count). The molecule has 0 spiro atoms. The average Bonchev–Trinajstić information content (AvgIpc) is 3.21. The minimum atomic E-state index is -0.858. The zero-order valence-corrected chi connectivity index (χ0v) is 15.6. The van der Waals surface area contributed by atoms with Crippen LogP contribution in [0.25, 0.3) is 6.08 Å². The van der Waals surface area contributed by atoms with Crippen molar-refractivity contribution in [3.05, 3.63) is 59.7 Å². The second-order valence-corrected chi connectivity index (χ2v) is 6.03. The molecule has 1 saturated heterocycles. The molecule has 7 nitrogen and oxygen atoms in total. The molecule has 2 amide bonds. The van der Waals surface area contributed by atoms with Crippen LogP contribution in [-0.2, 0) is 4.79 Å². The van der Waals surface area contributed by atoms with E-state index < -0.39 is 11.9 Å². The second kappa shape index (κ2) is 8.51. The van der Waals surface area contributed by atoms with Crippen LogP contribution in [0.4, 0.5) is 4.39 Å². The summed E-state index contributed by atoms with van der Waals surface area (Å²) in [5.74, 6) is -0.637. The number of aromatic nitrogens is 1. The summed E-state index contributed by atoms with van der Waals surface area (Å²) >= 11 is 0. The number of benzene rings is 1. The van der Waals surface area contributed by atoms with Crippen LogP contribution in [0.5, 0.6) is 11.5 Å². The molecule has 8 heteroatoms. The molecule has 28 heavy (non-hydrogen) atoms. The number of ether oxygens (including phenoxy) is 2. The molecule has 2 heterocycles. The second-order valence-electron chi connectivity index (χ2n) is 6.03. The van der Waals surface area contributed by atoms with Crippen molar-refractivity contribution in [3.8, 4) is 11.5 Å². The van der Waals surface area contributed by atoms with E-state index in [1.165, 1.54) is 41.5 Å². The molecule has 1 aromatic carbocycles. The van der Waals surface area contributed by atoms with Crippen molar-refractivity contribution in [1.82, 2.24) is 15.0 Å². The van der Waals surface area contributed by atoms with Gasteiger partial charge in [-0.3, -0.25) is 9.59 Å². The number of carbonyl (C=O) groups is 2. The lowest BCUT2D eigenvalue weighted by atomic mass is 10.1. The van der Waals surface area contributed by atoms with Crippen LogP contribution in [0.1, 0.15) is 22.3 Å². The van der Waals surface area contributed by atoms with Crippen LogP contribution in [0.2, 0.25) is 0 Å². The summed E-state index contributed by atoms with van der Waals surface area (Å²) in [6, 6.07) is 8.05. The molecule has 0 radical (unpaired) electrons. The maximum atomic E-state index is 13.8. The topological polar surface area (TPSA) is 72.0 Å². The smallest absolute Gasteiger partial charge is 0.277 e. The van der Waals surface area contributed by atoms with Crippen molar-refractivity contribution in [2.45, 2.75) is 6.42 Å². The molecule has 0 atom stereocenters. The molecule has 0 N–H and O–H groups in total. The highest BCUT2D eigenvalue weighted by Gasteiger charge is 2.31. The van der Waals surface area contributed by atoms with Crippen LogP contribution in [0, 0.1) is 5.95 Å². The molecule has 0 unspecified atom stereocenters. The standard InChI is InChI=1S/C20H20FN3O4/c1-27-15-7-8-17(28-2)14(13-15)6-9-18(25)23-11-4-12-24(23)20(26)16-5-3-10-22-19(16)21/h3,5-10,13H,4,11-12H2,1-2H3/b9-6+. The fraction of sp³-hybridized carbons (Fsp3) is 0.250. The lowest BCUT2D eigenvalue weighted by Crippen LogP contribution is -2.44. The number of carbonyl (C=O) groups excluding carboxylic acids is 2. The molecular weight excluding hydrogens is 365 g/mol. The predicted molar refractivity (Wildman–Crippen MR) is 100 cm³/mol. The Kier molecular flexibility index (Phi) is 5.88.